The van der Waals surface area contributed by atoms with E-state index in [0.29, 0.717) is 12.2 Å². The number of allylic oxidation sites excluding steroid dienone is 1. The fourth-order valence-electron chi connectivity index (χ4n) is 1.09. The van der Waals surface area contributed by atoms with Gasteiger partial charge >= 0.3 is 10.2 Å². The van der Waals surface area contributed by atoms with E-state index in [1.165, 1.54) is 10.4 Å². The Morgan fingerprint density at radius 3 is 2.67 bits per heavy atom. The highest BCUT2D eigenvalue weighted by atomic mass is 32.2. The highest BCUT2D eigenvalue weighted by Crippen LogP contribution is 2.15. The van der Waals surface area contributed by atoms with Crippen molar-refractivity contribution < 1.29 is 8.42 Å². The zero-order chi connectivity index (χ0) is 9.35. The topological polar surface area (TPSA) is 75.8 Å². The second kappa shape index (κ2) is 2.78. The predicted molar refractivity (Wildman–Crippen MR) is 46.7 cm³/mol. The van der Waals surface area contributed by atoms with Crippen molar-refractivity contribution in [3.63, 3.8) is 0 Å². The molecule has 0 amide bonds. The van der Waals surface area contributed by atoms with Crippen LogP contribution in [0.1, 0.15) is 13.8 Å². The molecule has 1 heterocycles. The minimum absolute atomic E-state index is 0.0391. The van der Waals surface area contributed by atoms with E-state index in [1.54, 1.807) is 13.8 Å². The molecule has 1 aliphatic heterocycles. The first-order valence-electron chi connectivity index (χ1n) is 3.54. The second-order valence-electron chi connectivity index (χ2n) is 2.44. The summed E-state index contributed by atoms with van der Waals surface area (Å²) in [5.74, 6) is 0.0391. The van der Waals surface area contributed by atoms with Crippen LogP contribution in [0.3, 0.4) is 0 Å². The summed E-state index contributed by atoms with van der Waals surface area (Å²) in [5, 5.41) is 0. The molecule has 0 radical (unpaired) electrons. The first-order chi connectivity index (χ1) is 5.47. The van der Waals surface area contributed by atoms with Crippen molar-refractivity contribution in [3.8, 4) is 0 Å². The number of nitrogens with two attached hydrogens (primary N) is 1. The van der Waals surface area contributed by atoms with Gasteiger partial charge in [0.2, 0.25) is 0 Å². The molecular weight excluding hydrogens is 178 g/mol. The molecule has 0 unspecified atom stereocenters. The average molecular weight is 189 g/mol. The van der Waals surface area contributed by atoms with Crippen LogP contribution in [0.25, 0.3) is 0 Å². The molecule has 0 aromatic carbocycles. The third-order valence-electron chi connectivity index (χ3n) is 1.54. The van der Waals surface area contributed by atoms with Gasteiger partial charge in [-0.1, -0.05) is 0 Å². The van der Waals surface area contributed by atoms with E-state index >= 15 is 0 Å². The molecule has 68 valence electrons. The summed E-state index contributed by atoms with van der Waals surface area (Å²) >= 11 is 0. The standard InChI is InChI=1S/C6H11N3O2S/c1-3-9-5(2)4-6(7)8-12(9,10)11/h4H,3H2,1-2H3,(H2,7,8). The van der Waals surface area contributed by atoms with Gasteiger partial charge in [-0.3, -0.25) is 4.31 Å². The fourth-order valence-corrected chi connectivity index (χ4v) is 2.25. The average Bonchev–Trinajstić information content (AvgIpc) is 1.82. The van der Waals surface area contributed by atoms with Crippen molar-refractivity contribution in [2.24, 2.45) is 10.1 Å². The molecule has 6 heteroatoms. The zero-order valence-corrected chi connectivity index (χ0v) is 7.80. The summed E-state index contributed by atoms with van der Waals surface area (Å²) in [6.45, 7) is 3.80. The second-order valence-corrected chi connectivity index (χ2v) is 3.96. The number of amidine groups is 1. The molecule has 2 N–H and O–H groups in total. The van der Waals surface area contributed by atoms with Crippen molar-refractivity contribution >= 4 is 16.0 Å². The van der Waals surface area contributed by atoms with Gasteiger partial charge in [-0.15, -0.1) is 4.40 Å². The Balaban J connectivity index is 3.18. The molecule has 5 nitrogen and oxygen atoms in total. The Kier molecular flexibility index (Phi) is 2.10. The van der Waals surface area contributed by atoms with Crippen LogP contribution in [0, 0.1) is 0 Å². The summed E-state index contributed by atoms with van der Waals surface area (Å²) in [6, 6.07) is 0. The predicted octanol–water partition coefficient (Wildman–Crippen LogP) is -0.172. The first-order valence-corrected chi connectivity index (χ1v) is 4.93. The minimum atomic E-state index is -3.54. The molecule has 0 saturated heterocycles. The first kappa shape index (κ1) is 9.05. The van der Waals surface area contributed by atoms with E-state index in [-0.39, 0.29) is 5.84 Å². The molecule has 0 bridgehead atoms. The summed E-state index contributed by atoms with van der Waals surface area (Å²) in [5.41, 5.74) is 5.89. The van der Waals surface area contributed by atoms with Gasteiger partial charge in [-0.2, -0.15) is 8.42 Å². The van der Waals surface area contributed by atoms with Gasteiger partial charge in [0.05, 0.1) is 0 Å². The quantitative estimate of drug-likeness (QED) is 0.622. The fraction of sp³-hybridized carbons (Fsp3) is 0.500. The van der Waals surface area contributed by atoms with Crippen LogP contribution >= 0.6 is 0 Å². The summed E-state index contributed by atoms with van der Waals surface area (Å²) in [6.07, 6.45) is 1.53. The van der Waals surface area contributed by atoms with E-state index in [4.69, 9.17) is 5.73 Å². The monoisotopic (exact) mass is 189 g/mol. The molecule has 0 atom stereocenters. The van der Waals surface area contributed by atoms with Crippen LogP contribution in [0.15, 0.2) is 16.2 Å². The molecular formula is C6H11N3O2S. The van der Waals surface area contributed by atoms with Crippen molar-refractivity contribution in [2.45, 2.75) is 13.8 Å². The number of hydrogen-bond donors (Lipinski definition) is 1. The van der Waals surface area contributed by atoms with Gasteiger partial charge in [0, 0.05) is 18.3 Å². The Bertz CT molecular complexity index is 342. The molecule has 12 heavy (non-hydrogen) atoms. The molecule has 0 aromatic rings. The SMILES string of the molecule is CCN1C(C)=CC(N)=NS1(=O)=O. The molecule has 0 fully saturated rings. The van der Waals surface area contributed by atoms with Crippen LogP contribution in [-0.4, -0.2) is 25.1 Å². The third kappa shape index (κ3) is 1.42. The lowest BCUT2D eigenvalue weighted by Gasteiger charge is -2.23. The van der Waals surface area contributed by atoms with Crippen LogP contribution in [-0.2, 0) is 10.2 Å². The highest BCUT2D eigenvalue weighted by Gasteiger charge is 2.23. The molecule has 0 aliphatic carbocycles. The van der Waals surface area contributed by atoms with Crippen molar-refractivity contribution in [2.75, 3.05) is 6.54 Å². The van der Waals surface area contributed by atoms with E-state index in [0.717, 1.165) is 0 Å². The Labute approximate surface area is 71.8 Å². The maximum atomic E-state index is 11.3. The number of nitrogens with zero attached hydrogens (tertiary/aromatic N) is 2. The van der Waals surface area contributed by atoms with E-state index in [2.05, 4.69) is 4.40 Å². The lowest BCUT2D eigenvalue weighted by Crippen LogP contribution is -2.33. The molecule has 0 saturated carbocycles. The van der Waals surface area contributed by atoms with Gasteiger partial charge in [-0.05, 0) is 13.8 Å². The van der Waals surface area contributed by atoms with E-state index in [1.807, 2.05) is 0 Å². The van der Waals surface area contributed by atoms with Crippen LogP contribution in [0.2, 0.25) is 0 Å². The van der Waals surface area contributed by atoms with Crippen LogP contribution in [0.5, 0.6) is 0 Å². The van der Waals surface area contributed by atoms with Gasteiger partial charge < -0.3 is 5.73 Å². The van der Waals surface area contributed by atoms with Crippen LogP contribution < -0.4 is 5.73 Å². The Morgan fingerprint density at radius 2 is 2.25 bits per heavy atom. The largest absolute Gasteiger partial charge is 0.383 e. The minimum Gasteiger partial charge on any atom is -0.383 e. The van der Waals surface area contributed by atoms with Crippen molar-refractivity contribution in [1.29, 1.82) is 0 Å². The zero-order valence-electron chi connectivity index (χ0n) is 6.98. The van der Waals surface area contributed by atoms with Crippen LogP contribution in [0.4, 0.5) is 0 Å². The summed E-state index contributed by atoms with van der Waals surface area (Å²) < 4.78 is 27.0. The molecule has 0 aromatic heterocycles. The van der Waals surface area contributed by atoms with Crippen molar-refractivity contribution in [3.05, 3.63) is 11.8 Å². The number of hydrogen-bond acceptors (Lipinski definition) is 3. The lowest BCUT2D eigenvalue weighted by atomic mass is 10.4. The van der Waals surface area contributed by atoms with Gasteiger partial charge in [-0.25, -0.2) is 0 Å². The van der Waals surface area contributed by atoms with Crippen molar-refractivity contribution in [1.82, 2.24) is 4.31 Å². The summed E-state index contributed by atoms with van der Waals surface area (Å²) in [7, 11) is -3.54. The van der Waals surface area contributed by atoms with E-state index < -0.39 is 10.2 Å². The normalized spacial score (nSPS) is 21.7. The smallest absolute Gasteiger partial charge is 0.346 e. The third-order valence-corrected chi connectivity index (χ3v) is 3.08. The lowest BCUT2D eigenvalue weighted by molar-refractivity contribution is 0.491. The molecule has 1 aliphatic rings. The van der Waals surface area contributed by atoms with Gasteiger partial charge in [0.15, 0.2) is 0 Å². The highest BCUT2D eigenvalue weighted by molar-refractivity contribution is 7.88. The Morgan fingerprint density at radius 1 is 1.67 bits per heavy atom. The maximum absolute atomic E-state index is 11.3. The van der Waals surface area contributed by atoms with Gasteiger partial charge in [0.25, 0.3) is 0 Å². The number of rotatable bonds is 1. The van der Waals surface area contributed by atoms with Gasteiger partial charge in [0.1, 0.15) is 5.84 Å². The Hall–Kier alpha value is -1.04. The molecule has 1 rings (SSSR count). The summed E-state index contributed by atoms with van der Waals surface area (Å²) in [4.78, 5) is 0. The molecule has 0 spiro atoms. The van der Waals surface area contributed by atoms with E-state index in [9.17, 15) is 8.42 Å². The maximum Gasteiger partial charge on any atom is 0.346 e.